The summed E-state index contributed by atoms with van der Waals surface area (Å²) in [5.41, 5.74) is 1.67. The Kier molecular flexibility index (Phi) is 3.52. The molecule has 1 aromatic carbocycles. The van der Waals surface area contributed by atoms with E-state index in [1.807, 2.05) is 39.0 Å². The minimum atomic E-state index is -0.0232. The fourth-order valence-electron chi connectivity index (χ4n) is 1.85. The number of anilines is 1. The summed E-state index contributed by atoms with van der Waals surface area (Å²) < 4.78 is 2.67. The average molecular weight is 264 g/mol. The highest BCUT2D eigenvalue weighted by Crippen LogP contribution is 2.24. The molecule has 0 saturated heterocycles. The van der Waals surface area contributed by atoms with Gasteiger partial charge in [-0.1, -0.05) is 18.3 Å². The van der Waals surface area contributed by atoms with Gasteiger partial charge in [0.1, 0.15) is 0 Å². The number of fused-ring (bicyclic) bond motifs is 1. The van der Waals surface area contributed by atoms with Crippen LogP contribution in [0.4, 0.5) is 5.69 Å². The summed E-state index contributed by atoms with van der Waals surface area (Å²) in [6, 6.07) is 5.72. The molecule has 1 amide bonds. The molecule has 96 valence electrons. The zero-order valence-corrected chi connectivity index (χ0v) is 11.5. The second kappa shape index (κ2) is 4.94. The van der Waals surface area contributed by atoms with Crippen LogP contribution in [-0.2, 0) is 4.79 Å². The van der Waals surface area contributed by atoms with Gasteiger partial charge in [0, 0.05) is 18.2 Å². The Morgan fingerprint density at radius 3 is 2.78 bits per heavy atom. The summed E-state index contributed by atoms with van der Waals surface area (Å²) in [7, 11) is 0. The topological polar surface area (TPSA) is 51.1 Å². The number of thiazole rings is 1. The van der Waals surface area contributed by atoms with Gasteiger partial charge in [0.2, 0.25) is 5.91 Å². The van der Waals surface area contributed by atoms with E-state index in [1.165, 1.54) is 11.3 Å². The average Bonchev–Trinajstić information content (AvgIpc) is 2.64. The lowest BCUT2D eigenvalue weighted by Crippen LogP contribution is -2.14. The number of benzene rings is 1. The standard InChI is InChI=1S/C13H16N2O2S/c1-4-12(16)14-9-5-6-10-11(7-9)18-13(17)15(10)8(2)3/h5-8H,4H2,1-3H3,(H,14,16). The molecule has 1 heterocycles. The number of hydrogen-bond acceptors (Lipinski definition) is 3. The molecule has 0 spiro atoms. The number of amides is 1. The van der Waals surface area contributed by atoms with Crippen LogP contribution in [0.2, 0.25) is 0 Å². The van der Waals surface area contributed by atoms with Gasteiger partial charge in [-0.2, -0.15) is 0 Å². The van der Waals surface area contributed by atoms with Crippen LogP contribution >= 0.6 is 11.3 Å². The van der Waals surface area contributed by atoms with Gasteiger partial charge in [0.25, 0.3) is 0 Å². The molecule has 0 saturated carbocycles. The van der Waals surface area contributed by atoms with Gasteiger partial charge in [-0.25, -0.2) is 0 Å². The predicted molar refractivity (Wildman–Crippen MR) is 75.4 cm³/mol. The smallest absolute Gasteiger partial charge is 0.308 e. The van der Waals surface area contributed by atoms with Gasteiger partial charge < -0.3 is 5.32 Å². The lowest BCUT2D eigenvalue weighted by atomic mass is 10.2. The molecule has 0 fully saturated rings. The van der Waals surface area contributed by atoms with E-state index in [4.69, 9.17) is 0 Å². The van der Waals surface area contributed by atoms with Crippen molar-refractivity contribution in [2.75, 3.05) is 5.32 Å². The quantitative estimate of drug-likeness (QED) is 0.926. The van der Waals surface area contributed by atoms with Crippen molar-refractivity contribution in [3.63, 3.8) is 0 Å². The number of carbonyl (C=O) groups is 1. The maximum atomic E-state index is 11.9. The van der Waals surface area contributed by atoms with E-state index in [0.29, 0.717) is 6.42 Å². The predicted octanol–water partition coefficient (Wildman–Crippen LogP) is 2.99. The Hall–Kier alpha value is -1.62. The first-order valence-corrected chi connectivity index (χ1v) is 6.79. The van der Waals surface area contributed by atoms with Crippen LogP contribution in [0.25, 0.3) is 10.2 Å². The third kappa shape index (κ3) is 2.31. The number of hydrogen-bond donors (Lipinski definition) is 1. The molecule has 1 N–H and O–H groups in total. The summed E-state index contributed by atoms with van der Waals surface area (Å²) in [6.07, 6.45) is 0.446. The summed E-state index contributed by atoms with van der Waals surface area (Å²) in [5, 5.41) is 2.80. The zero-order chi connectivity index (χ0) is 13.3. The highest BCUT2D eigenvalue weighted by Gasteiger charge is 2.11. The maximum absolute atomic E-state index is 11.9. The van der Waals surface area contributed by atoms with Gasteiger partial charge in [-0.05, 0) is 32.0 Å². The number of nitrogens with one attached hydrogen (secondary N) is 1. The zero-order valence-electron chi connectivity index (χ0n) is 10.7. The second-order valence-corrected chi connectivity index (χ2v) is 5.41. The van der Waals surface area contributed by atoms with Crippen LogP contribution in [0.3, 0.4) is 0 Å². The van der Waals surface area contributed by atoms with Gasteiger partial charge in [-0.15, -0.1) is 0 Å². The SMILES string of the molecule is CCC(=O)Nc1ccc2c(c1)sc(=O)n2C(C)C. The number of rotatable bonds is 3. The largest absolute Gasteiger partial charge is 0.326 e. The summed E-state index contributed by atoms with van der Waals surface area (Å²) in [6.45, 7) is 5.78. The molecule has 5 heteroatoms. The molecule has 0 bridgehead atoms. The first kappa shape index (κ1) is 12.8. The van der Waals surface area contributed by atoms with Crippen LogP contribution in [0.5, 0.6) is 0 Å². The summed E-state index contributed by atoms with van der Waals surface area (Å²) in [4.78, 5) is 23.2. The molecule has 0 unspecified atom stereocenters. The highest BCUT2D eigenvalue weighted by atomic mass is 32.1. The molecule has 0 atom stereocenters. The van der Waals surface area contributed by atoms with E-state index in [9.17, 15) is 9.59 Å². The third-order valence-electron chi connectivity index (χ3n) is 2.73. The maximum Gasteiger partial charge on any atom is 0.308 e. The van der Waals surface area contributed by atoms with Crippen molar-refractivity contribution in [3.05, 3.63) is 27.9 Å². The highest BCUT2D eigenvalue weighted by molar-refractivity contribution is 7.16. The molecular formula is C13H16N2O2S. The van der Waals surface area contributed by atoms with Gasteiger partial charge in [0.15, 0.2) is 0 Å². The van der Waals surface area contributed by atoms with Gasteiger partial charge in [-0.3, -0.25) is 14.2 Å². The van der Waals surface area contributed by atoms with E-state index in [-0.39, 0.29) is 16.8 Å². The molecule has 0 aliphatic carbocycles. The van der Waals surface area contributed by atoms with Crippen molar-refractivity contribution < 1.29 is 4.79 Å². The fraction of sp³-hybridized carbons (Fsp3) is 0.385. The molecule has 0 aliphatic rings. The molecular weight excluding hydrogens is 248 g/mol. The Bertz CT molecular complexity index is 640. The van der Waals surface area contributed by atoms with Crippen molar-refractivity contribution in [2.24, 2.45) is 0 Å². The first-order chi connectivity index (χ1) is 8.52. The van der Waals surface area contributed by atoms with E-state index in [2.05, 4.69) is 5.32 Å². The van der Waals surface area contributed by atoms with E-state index in [1.54, 1.807) is 4.57 Å². The van der Waals surface area contributed by atoms with Gasteiger partial charge in [0.05, 0.1) is 10.2 Å². The Morgan fingerprint density at radius 2 is 2.17 bits per heavy atom. The van der Waals surface area contributed by atoms with Crippen LogP contribution in [0, 0.1) is 0 Å². The van der Waals surface area contributed by atoms with Crippen LogP contribution in [0.15, 0.2) is 23.0 Å². The summed E-state index contributed by atoms with van der Waals surface area (Å²) in [5.74, 6) is -0.0232. The van der Waals surface area contributed by atoms with Crippen LogP contribution < -0.4 is 10.2 Å². The Balaban J connectivity index is 2.48. The monoisotopic (exact) mass is 264 g/mol. The first-order valence-electron chi connectivity index (χ1n) is 5.98. The van der Waals surface area contributed by atoms with Crippen LogP contribution in [-0.4, -0.2) is 10.5 Å². The van der Waals surface area contributed by atoms with E-state index < -0.39 is 0 Å². The molecule has 2 rings (SSSR count). The fourth-order valence-corrected chi connectivity index (χ4v) is 2.91. The van der Waals surface area contributed by atoms with Crippen molar-refractivity contribution in [3.8, 4) is 0 Å². The lowest BCUT2D eigenvalue weighted by Gasteiger charge is -2.08. The molecule has 2 aromatic rings. The molecule has 18 heavy (non-hydrogen) atoms. The van der Waals surface area contributed by atoms with E-state index in [0.717, 1.165) is 15.9 Å². The Morgan fingerprint density at radius 1 is 1.44 bits per heavy atom. The molecule has 4 nitrogen and oxygen atoms in total. The minimum absolute atomic E-state index is 0.0232. The van der Waals surface area contributed by atoms with Crippen molar-refractivity contribution in [1.82, 2.24) is 4.57 Å². The normalized spacial score (nSPS) is 11.1. The Labute approximate surface area is 109 Å². The number of carbonyl (C=O) groups excluding carboxylic acids is 1. The van der Waals surface area contributed by atoms with Crippen molar-refractivity contribution in [2.45, 2.75) is 33.2 Å². The molecule has 0 aliphatic heterocycles. The number of nitrogens with zero attached hydrogens (tertiary/aromatic N) is 1. The molecule has 0 radical (unpaired) electrons. The van der Waals surface area contributed by atoms with E-state index >= 15 is 0 Å². The number of aromatic nitrogens is 1. The third-order valence-corrected chi connectivity index (χ3v) is 3.65. The summed E-state index contributed by atoms with van der Waals surface area (Å²) >= 11 is 1.21. The van der Waals surface area contributed by atoms with Crippen molar-refractivity contribution >= 4 is 33.1 Å². The molecule has 1 aromatic heterocycles. The van der Waals surface area contributed by atoms with Crippen molar-refractivity contribution in [1.29, 1.82) is 0 Å². The van der Waals surface area contributed by atoms with Crippen LogP contribution in [0.1, 0.15) is 33.2 Å². The van der Waals surface area contributed by atoms with Gasteiger partial charge >= 0.3 is 4.87 Å². The second-order valence-electron chi connectivity index (χ2n) is 4.42. The minimum Gasteiger partial charge on any atom is -0.326 e. The lowest BCUT2D eigenvalue weighted by molar-refractivity contribution is -0.115.